The number of nitrogens with two attached hydrogens (primary N) is 1. The van der Waals surface area contributed by atoms with Gasteiger partial charge in [-0.05, 0) is 6.92 Å². The van der Waals surface area contributed by atoms with Gasteiger partial charge in [0.25, 0.3) is 0 Å². The quantitative estimate of drug-likeness (QED) is 0.461. The maximum atomic E-state index is 12.9. The number of hydrogen-bond donors (Lipinski definition) is 1. The summed E-state index contributed by atoms with van der Waals surface area (Å²) in [5.74, 6) is -9.88. The first-order chi connectivity index (χ1) is 6.37. The molecule has 0 fully saturated rings. The van der Waals surface area contributed by atoms with Crippen LogP contribution in [-0.2, 0) is 0 Å². The Balaban J connectivity index is 0.00000196. The number of hydrogen-bond acceptors (Lipinski definition) is 1. The van der Waals surface area contributed by atoms with Crippen LogP contribution < -0.4 is 5.73 Å². The summed E-state index contributed by atoms with van der Waals surface area (Å²) in [7, 11) is 0. The number of rotatable bonds is 1. The average Bonchev–Trinajstić information content (AvgIpc) is 2.11. The Bertz CT molecular complexity index is 351. The molecule has 86 valence electrons. The Labute approximate surface area is 88.5 Å². The van der Waals surface area contributed by atoms with Gasteiger partial charge in [-0.15, -0.1) is 12.4 Å². The molecule has 1 atom stereocenters. The van der Waals surface area contributed by atoms with Crippen LogP contribution in [0.3, 0.4) is 0 Å². The van der Waals surface area contributed by atoms with Crippen molar-refractivity contribution in [2.45, 2.75) is 13.0 Å². The van der Waals surface area contributed by atoms with Gasteiger partial charge in [-0.25, -0.2) is 22.0 Å². The second-order valence-corrected chi connectivity index (χ2v) is 2.77. The van der Waals surface area contributed by atoms with Gasteiger partial charge in [-0.3, -0.25) is 0 Å². The summed E-state index contributed by atoms with van der Waals surface area (Å²) in [6.07, 6.45) is 0. The normalized spacial score (nSPS) is 12.2. The van der Waals surface area contributed by atoms with Crippen molar-refractivity contribution >= 4 is 12.4 Å². The van der Waals surface area contributed by atoms with Gasteiger partial charge in [-0.1, -0.05) is 0 Å². The predicted octanol–water partition coefficient (Wildman–Crippen LogP) is 2.82. The molecule has 0 unspecified atom stereocenters. The molecule has 0 radical (unpaired) electrons. The van der Waals surface area contributed by atoms with E-state index in [1.807, 2.05) is 0 Å². The molecule has 0 saturated carbocycles. The summed E-state index contributed by atoms with van der Waals surface area (Å²) in [5, 5.41) is 0. The molecule has 1 rings (SSSR count). The molecule has 0 saturated heterocycles. The second kappa shape index (κ2) is 4.76. The zero-order valence-corrected chi connectivity index (χ0v) is 8.27. The summed E-state index contributed by atoms with van der Waals surface area (Å²) in [4.78, 5) is 0. The molecule has 0 amide bonds. The highest BCUT2D eigenvalue weighted by molar-refractivity contribution is 5.85. The van der Waals surface area contributed by atoms with Crippen LogP contribution in [0.2, 0.25) is 0 Å². The molecule has 0 aromatic heterocycles. The SMILES string of the molecule is C[C@H](N)c1c(F)c(F)c(F)c(F)c1F.Cl. The molecule has 15 heavy (non-hydrogen) atoms. The molecule has 1 aromatic carbocycles. The molecule has 0 spiro atoms. The van der Waals surface area contributed by atoms with Crippen molar-refractivity contribution in [3.05, 3.63) is 34.6 Å². The Morgan fingerprint density at radius 3 is 1.33 bits per heavy atom. The van der Waals surface area contributed by atoms with E-state index in [4.69, 9.17) is 5.73 Å². The lowest BCUT2D eigenvalue weighted by molar-refractivity contribution is 0.366. The van der Waals surface area contributed by atoms with Crippen LogP contribution in [0.25, 0.3) is 0 Å². The number of benzene rings is 1. The van der Waals surface area contributed by atoms with E-state index < -0.39 is 40.7 Å². The van der Waals surface area contributed by atoms with Crippen LogP contribution in [0.1, 0.15) is 18.5 Å². The van der Waals surface area contributed by atoms with Crippen molar-refractivity contribution in [3.8, 4) is 0 Å². The first-order valence-corrected chi connectivity index (χ1v) is 3.64. The van der Waals surface area contributed by atoms with E-state index in [0.29, 0.717) is 0 Å². The minimum atomic E-state index is -2.18. The highest BCUT2D eigenvalue weighted by Crippen LogP contribution is 2.26. The molecule has 7 heteroatoms. The maximum Gasteiger partial charge on any atom is 0.200 e. The van der Waals surface area contributed by atoms with Gasteiger partial charge in [0.15, 0.2) is 23.3 Å². The van der Waals surface area contributed by atoms with Crippen molar-refractivity contribution in [3.63, 3.8) is 0 Å². The summed E-state index contributed by atoms with van der Waals surface area (Å²) in [6.45, 7) is 1.12. The fourth-order valence-corrected chi connectivity index (χ4v) is 1.02. The van der Waals surface area contributed by atoms with Gasteiger partial charge in [0.1, 0.15) is 0 Å². The first-order valence-electron chi connectivity index (χ1n) is 3.64. The third kappa shape index (κ3) is 2.21. The molecule has 1 nitrogen and oxygen atoms in total. The second-order valence-electron chi connectivity index (χ2n) is 2.77. The van der Waals surface area contributed by atoms with E-state index in [-0.39, 0.29) is 12.4 Å². The molecule has 0 heterocycles. The predicted molar refractivity (Wildman–Crippen MR) is 46.1 cm³/mol. The molecule has 0 bridgehead atoms. The molecular formula is C8H7ClF5N. The lowest BCUT2D eigenvalue weighted by Crippen LogP contribution is -2.15. The Kier molecular flexibility index (Phi) is 4.48. The van der Waals surface area contributed by atoms with E-state index in [0.717, 1.165) is 6.92 Å². The van der Waals surface area contributed by atoms with Crippen LogP contribution in [0.4, 0.5) is 22.0 Å². The monoisotopic (exact) mass is 247 g/mol. The van der Waals surface area contributed by atoms with E-state index in [1.165, 1.54) is 0 Å². The van der Waals surface area contributed by atoms with E-state index in [1.54, 1.807) is 0 Å². The van der Waals surface area contributed by atoms with E-state index >= 15 is 0 Å². The third-order valence-electron chi connectivity index (χ3n) is 1.70. The minimum absolute atomic E-state index is 0. The van der Waals surface area contributed by atoms with Gasteiger partial charge >= 0.3 is 0 Å². The summed E-state index contributed by atoms with van der Waals surface area (Å²) in [5.41, 5.74) is 4.07. The standard InChI is InChI=1S/C8H6F5N.ClH/c1-2(14)3-4(9)6(11)8(13)7(12)5(3)10;/h2H,14H2,1H3;1H/t2-;/m0./s1. The van der Waals surface area contributed by atoms with Gasteiger partial charge in [0.2, 0.25) is 5.82 Å². The lowest BCUT2D eigenvalue weighted by Gasteiger charge is -2.10. The van der Waals surface area contributed by atoms with Gasteiger partial charge in [0, 0.05) is 11.6 Å². The fraction of sp³-hybridized carbons (Fsp3) is 0.250. The van der Waals surface area contributed by atoms with Gasteiger partial charge < -0.3 is 5.73 Å². The highest BCUT2D eigenvalue weighted by Gasteiger charge is 2.26. The van der Waals surface area contributed by atoms with Gasteiger partial charge in [0.05, 0.1) is 0 Å². The van der Waals surface area contributed by atoms with Crippen LogP contribution in [0.5, 0.6) is 0 Å². The van der Waals surface area contributed by atoms with E-state index in [9.17, 15) is 22.0 Å². The van der Waals surface area contributed by atoms with Crippen LogP contribution in [0, 0.1) is 29.1 Å². The van der Waals surface area contributed by atoms with Crippen LogP contribution >= 0.6 is 12.4 Å². The minimum Gasteiger partial charge on any atom is -0.324 e. The van der Waals surface area contributed by atoms with E-state index in [2.05, 4.69) is 0 Å². The maximum absolute atomic E-state index is 12.9. The smallest absolute Gasteiger partial charge is 0.200 e. The zero-order chi connectivity index (χ0) is 11.0. The molecule has 2 N–H and O–H groups in total. The van der Waals surface area contributed by atoms with Crippen LogP contribution in [-0.4, -0.2) is 0 Å². The molecule has 0 aliphatic carbocycles. The molecular weight excluding hydrogens is 241 g/mol. The summed E-state index contributed by atoms with van der Waals surface area (Å²) >= 11 is 0. The third-order valence-corrected chi connectivity index (χ3v) is 1.70. The first kappa shape index (κ1) is 14.1. The largest absolute Gasteiger partial charge is 0.324 e. The summed E-state index contributed by atoms with van der Waals surface area (Å²) < 4.78 is 63.3. The number of halogens is 6. The Morgan fingerprint density at radius 1 is 0.800 bits per heavy atom. The average molecular weight is 248 g/mol. The lowest BCUT2D eigenvalue weighted by atomic mass is 10.1. The molecule has 0 aliphatic rings. The highest BCUT2D eigenvalue weighted by atomic mass is 35.5. The van der Waals surface area contributed by atoms with Gasteiger partial charge in [-0.2, -0.15) is 0 Å². The van der Waals surface area contributed by atoms with Crippen LogP contribution in [0.15, 0.2) is 0 Å². The fourth-order valence-electron chi connectivity index (χ4n) is 1.02. The van der Waals surface area contributed by atoms with Crippen molar-refractivity contribution < 1.29 is 22.0 Å². The molecule has 0 aliphatic heterocycles. The summed E-state index contributed by atoms with van der Waals surface area (Å²) in [6, 6.07) is -1.26. The van der Waals surface area contributed by atoms with Crippen molar-refractivity contribution in [2.24, 2.45) is 5.73 Å². The zero-order valence-electron chi connectivity index (χ0n) is 7.45. The topological polar surface area (TPSA) is 26.0 Å². The Hall–Kier alpha value is -0.880. The molecule has 1 aromatic rings. The van der Waals surface area contributed by atoms with Crippen molar-refractivity contribution in [1.82, 2.24) is 0 Å². The van der Waals surface area contributed by atoms with Crippen molar-refractivity contribution in [2.75, 3.05) is 0 Å². The Morgan fingerprint density at radius 2 is 1.07 bits per heavy atom. The van der Waals surface area contributed by atoms with Crippen molar-refractivity contribution in [1.29, 1.82) is 0 Å².